The summed E-state index contributed by atoms with van der Waals surface area (Å²) in [6.45, 7) is 0.262. The van der Waals surface area contributed by atoms with Crippen molar-refractivity contribution in [2.75, 3.05) is 26.3 Å². The Kier molecular flexibility index (Phi) is 2.24. The van der Waals surface area contributed by atoms with Gasteiger partial charge in [0.25, 0.3) is 0 Å². The molecule has 0 aromatic rings. The van der Waals surface area contributed by atoms with Gasteiger partial charge in [-0.05, 0) is 0 Å². The van der Waals surface area contributed by atoms with E-state index in [4.69, 9.17) is 4.74 Å². The van der Waals surface area contributed by atoms with Crippen molar-refractivity contribution in [2.24, 2.45) is 11.8 Å². The smallest absolute Gasteiger partial charge is 0.381 e. The molecule has 2 rings (SSSR count). The Labute approximate surface area is 79.2 Å². The quantitative estimate of drug-likeness (QED) is 0.599. The first-order chi connectivity index (χ1) is 6.46. The largest absolute Gasteiger partial charge is 0.418 e. The zero-order chi connectivity index (χ0) is 10.4. The Morgan fingerprint density at radius 2 is 1.71 bits per heavy atom. The van der Waals surface area contributed by atoms with Crippen LogP contribution < -0.4 is 5.32 Å². The molecule has 3 nitrogen and oxygen atoms in total. The van der Waals surface area contributed by atoms with Gasteiger partial charge < -0.3 is 15.2 Å². The number of rotatable bonds is 0. The topological polar surface area (TPSA) is 41.5 Å². The molecule has 2 bridgehead atoms. The molecule has 0 aromatic carbocycles. The maximum atomic E-state index is 12.7. The number of aliphatic hydroxyl groups is 1. The van der Waals surface area contributed by atoms with Crippen LogP contribution in [0.25, 0.3) is 0 Å². The fourth-order valence-electron chi connectivity index (χ4n) is 2.26. The lowest BCUT2D eigenvalue weighted by Crippen LogP contribution is -2.68. The number of halogens is 3. The summed E-state index contributed by atoms with van der Waals surface area (Å²) in [5.74, 6) is -1.76. The average molecular weight is 211 g/mol. The van der Waals surface area contributed by atoms with Gasteiger partial charge in [0.05, 0.1) is 13.2 Å². The molecule has 0 saturated carbocycles. The van der Waals surface area contributed by atoms with E-state index in [0.717, 1.165) is 0 Å². The zero-order valence-electron chi connectivity index (χ0n) is 7.47. The zero-order valence-corrected chi connectivity index (χ0v) is 7.47. The van der Waals surface area contributed by atoms with Gasteiger partial charge in [0.1, 0.15) is 0 Å². The van der Waals surface area contributed by atoms with Crippen molar-refractivity contribution in [1.29, 1.82) is 0 Å². The molecule has 2 heterocycles. The molecule has 0 amide bonds. The van der Waals surface area contributed by atoms with Gasteiger partial charge in [-0.15, -0.1) is 0 Å². The van der Waals surface area contributed by atoms with E-state index in [1.807, 2.05) is 0 Å². The summed E-state index contributed by atoms with van der Waals surface area (Å²) in [5.41, 5.74) is -2.56. The van der Waals surface area contributed by atoms with Crippen LogP contribution >= 0.6 is 0 Å². The second kappa shape index (κ2) is 3.08. The highest BCUT2D eigenvalue weighted by atomic mass is 19.4. The molecule has 0 spiro atoms. The molecule has 2 aliphatic heterocycles. The van der Waals surface area contributed by atoms with Crippen LogP contribution in [0.3, 0.4) is 0 Å². The molecule has 2 saturated heterocycles. The standard InChI is InChI=1S/C8H12F3NO2/c9-8(10,11)7(13)5-1-12-2-6(7)4-14-3-5/h5-6,12-13H,1-4H2. The summed E-state index contributed by atoms with van der Waals surface area (Å²) < 4.78 is 43.2. The highest BCUT2D eigenvalue weighted by molar-refractivity contribution is 5.04. The number of ether oxygens (including phenoxy) is 1. The Morgan fingerprint density at radius 3 is 2.07 bits per heavy atom. The van der Waals surface area contributed by atoms with Gasteiger partial charge in [0.15, 0.2) is 5.60 Å². The van der Waals surface area contributed by atoms with Crippen LogP contribution in [0, 0.1) is 11.8 Å². The maximum absolute atomic E-state index is 12.7. The highest BCUT2D eigenvalue weighted by Crippen LogP contribution is 2.45. The molecule has 14 heavy (non-hydrogen) atoms. The summed E-state index contributed by atoms with van der Waals surface area (Å²) in [7, 11) is 0. The van der Waals surface area contributed by atoms with Crippen LogP contribution in [-0.2, 0) is 4.74 Å². The second-order valence-corrected chi connectivity index (χ2v) is 3.91. The van der Waals surface area contributed by atoms with Gasteiger partial charge in [0, 0.05) is 24.9 Å². The van der Waals surface area contributed by atoms with Gasteiger partial charge >= 0.3 is 6.18 Å². The molecule has 82 valence electrons. The summed E-state index contributed by atoms with van der Waals surface area (Å²) in [6, 6.07) is 0. The number of hydrogen-bond acceptors (Lipinski definition) is 3. The van der Waals surface area contributed by atoms with Crippen molar-refractivity contribution in [2.45, 2.75) is 11.8 Å². The first-order valence-corrected chi connectivity index (χ1v) is 4.54. The Bertz CT molecular complexity index is 209. The van der Waals surface area contributed by atoms with E-state index in [1.165, 1.54) is 0 Å². The third kappa shape index (κ3) is 1.24. The van der Waals surface area contributed by atoms with Crippen molar-refractivity contribution >= 4 is 0 Å². The number of nitrogens with one attached hydrogen (secondary N) is 1. The van der Waals surface area contributed by atoms with E-state index in [2.05, 4.69) is 5.32 Å². The molecule has 0 aromatic heterocycles. The van der Waals surface area contributed by atoms with E-state index in [-0.39, 0.29) is 26.3 Å². The second-order valence-electron chi connectivity index (χ2n) is 3.91. The van der Waals surface area contributed by atoms with E-state index in [1.54, 1.807) is 0 Å². The van der Waals surface area contributed by atoms with Gasteiger partial charge in [-0.3, -0.25) is 0 Å². The predicted octanol–water partition coefficient (Wildman–Crippen LogP) is 0.146. The first kappa shape index (κ1) is 10.2. The minimum atomic E-state index is -4.56. The van der Waals surface area contributed by atoms with Gasteiger partial charge in [-0.1, -0.05) is 0 Å². The molecule has 2 N–H and O–H groups in total. The maximum Gasteiger partial charge on any atom is 0.418 e. The van der Waals surface area contributed by atoms with Gasteiger partial charge in [-0.2, -0.15) is 13.2 Å². The van der Waals surface area contributed by atoms with E-state index >= 15 is 0 Å². The number of fused-ring (bicyclic) bond motifs is 2. The van der Waals surface area contributed by atoms with Crippen LogP contribution in [0.1, 0.15) is 0 Å². The lowest BCUT2D eigenvalue weighted by molar-refractivity contribution is -0.327. The summed E-state index contributed by atoms with van der Waals surface area (Å²) in [6.07, 6.45) is -4.56. The molecule has 6 heteroatoms. The van der Waals surface area contributed by atoms with Gasteiger partial charge in [-0.25, -0.2) is 0 Å². The number of hydrogen-bond donors (Lipinski definition) is 2. The van der Waals surface area contributed by atoms with E-state index in [0.29, 0.717) is 0 Å². The third-order valence-corrected chi connectivity index (χ3v) is 3.12. The molecular formula is C8H12F3NO2. The van der Waals surface area contributed by atoms with Crippen molar-refractivity contribution < 1.29 is 23.0 Å². The molecule has 0 radical (unpaired) electrons. The van der Waals surface area contributed by atoms with Crippen LogP contribution in [0.4, 0.5) is 13.2 Å². The Morgan fingerprint density at radius 1 is 1.21 bits per heavy atom. The minimum Gasteiger partial charge on any atom is -0.381 e. The predicted molar refractivity (Wildman–Crippen MR) is 41.7 cm³/mol. The summed E-state index contributed by atoms with van der Waals surface area (Å²) in [4.78, 5) is 0. The monoisotopic (exact) mass is 211 g/mol. The van der Waals surface area contributed by atoms with Crippen molar-refractivity contribution in [1.82, 2.24) is 5.32 Å². The third-order valence-electron chi connectivity index (χ3n) is 3.12. The van der Waals surface area contributed by atoms with Crippen molar-refractivity contribution in [3.8, 4) is 0 Å². The Hall–Kier alpha value is -0.330. The number of alkyl halides is 3. The van der Waals surface area contributed by atoms with Crippen molar-refractivity contribution in [3.05, 3.63) is 0 Å². The minimum absolute atomic E-state index is 0.0283. The van der Waals surface area contributed by atoms with Gasteiger partial charge in [0.2, 0.25) is 0 Å². The average Bonchev–Trinajstić information content (AvgIpc) is 2.00. The fraction of sp³-hybridized carbons (Fsp3) is 1.00. The SMILES string of the molecule is OC1(C(F)(F)F)C2CNCC1COC2. The van der Waals surface area contributed by atoms with E-state index < -0.39 is 23.6 Å². The van der Waals surface area contributed by atoms with Crippen LogP contribution in [-0.4, -0.2) is 43.2 Å². The molecule has 2 atom stereocenters. The fourth-order valence-corrected chi connectivity index (χ4v) is 2.26. The van der Waals surface area contributed by atoms with Crippen LogP contribution in [0.5, 0.6) is 0 Å². The van der Waals surface area contributed by atoms with Crippen LogP contribution in [0.2, 0.25) is 0 Å². The normalized spacial score (nSPS) is 43.7. The summed E-state index contributed by atoms with van der Waals surface area (Å²) in [5, 5.41) is 12.6. The number of piperidine rings is 1. The summed E-state index contributed by atoms with van der Waals surface area (Å²) >= 11 is 0. The lowest BCUT2D eigenvalue weighted by Gasteiger charge is -2.49. The Balaban J connectivity index is 2.31. The molecule has 2 unspecified atom stereocenters. The lowest BCUT2D eigenvalue weighted by atomic mass is 9.72. The van der Waals surface area contributed by atoms with Crippen molar-refractivity contribution in [3.63, 3.8) is 0 Å². The van der Waals surface area contributed by atoms with E-state index in [9.17, 15) is 18.3 Å². The molecule has 2 aliphatic rings. The molecule has 2 fully saturated rings. The highest BCUT2D eigenvalue weighted by Gasteiger charge is 2.65. The first-order valence-electron chi connectivity index (χ1n) is 4.54. The van der Waals surface area contributed by atoms with Crippen LogP contribution in [0.15, 0.2) is 0 Å². The molecule has 0 aliphatic carbocycles. The molecular weight excluding hydrogens is 199 g/mol.